The third-order valence-corrected chi connectivity index (χ3v) is 7.72. The molecule has 41 heavy (non-hydrogen) atoms. The minimum absolute atomic E-state index is 0.0118. The van der Waals surface area contributed by atoms with Gasteiger partial charge in [-0.15, -0.1) is 0 Å². The van der Waals surface area contributed by atoms with Crippen LogP contribution in [0.2, 0.25) is 0 Å². The summed E-state index contributed by atoms with van der Waals surface area (Å²) in [6.07, 6.45) is -2.13. The van der Waals surface area contributed by atoms with Gasteiger partial charge in [-0.1, -0.05) is 74.5 Å². The molecule has 0 radical (unpaired) electrons. The summed E-state index contributed by atoms with van der Waals surface area (Å²) in [5.74, 6) is -0.728. The summed E-state index contributed by atoms with van der Waals surface area (Å²) in [6, 6.07) is 21.8. The van der Waals surface area contributed by atoms with Crippen LogP contribution in [-0.2, 0) is 15.7 Å². The zero-order valence-corrected chi connectivity index (χ0v) is 23.5. The number of hydrogen-bond donors (Lipinski definition) is 1. The average Bonchev–Trinajstić information content (AvgIpc) is 2.99. The molecule has 4 rings (SSSR count). The number of carbonyl (C=O) groups is 2. The fourth-order valence-corrected chi connectivity index (χ4v) is 5.32. The van der Waals surface area contributed by atoms with E-state index in [4.69, 9.17) is 4.74 Å². The number of nitrogens with zero attached hydrogens (tertiary/aromatic N) is 1. The van der Waals surface area contributed by atoms with Gasteiger partial charge in [-0.3, -0.25) is 9.59 Å². The molecule has 1 aliphatic rings. The number of hydrogen-bond acceptors (Lipinski definition) is 4. The standard InChI is InChI=1S/C33H37F3N2O3/c1-3-21-41-32(40)23(2)30(24-9-5-4-6-10-24)22-38-19-17-27(18-20-38)37-31(39)29-12-8-7-11-28(29)25-13-15-26(16-14-25)33(34,35)36/h4-16,23,27,30H,3,17-22H2,1-2H3,(H,37,39). The molecule has 0 saturated carbocycles. The normalized spacial score (nSPS) is 16.1. The molecule has 0 aromatic heterocycles. The van der Waals surface area contributed by atoms with E-state index in [9.17, 15) is 22.8 Å². The minimum Gasteiger partial charge on any atom is -0.465 e. The molecular formula is C33H37F3N2O3. The summed E-state index contributed by atoms with van der Waals surface area (Å²) < 4.78 is 44.5. The average molecular weight is 567 g/mol. The fourth-order valence-electron chi connectivity index (χ4n) is 5.32. The SMILES string of the molecule is CCCOC(=O)C(C)C(CN1CCC(NC(=O)c2ccccc2-c2ccc(C(F)(F)F)cc2)CC1)c1ccccc1. The Morgan fingerprint density at radius 3 is 2.22 bits per heavy atom. The summed E-state index contributed by atoms with van der Waals surface area (Å²) >= 11 is 0. The van der Waals surface area contributed by atoms with Gasteiger partial charge in [0, 0.05) is 37.2 Å². The van der Waals surface area contributed by atoms with Gasteiger partial charge in [0.05, 0.1) is 18.1 Å². The van der Waals surface area contributed by atoms with Crippen LogP contribution in [0.1, 0.15) is 60.5 Å². The number of carbonyl (C=O) groups excluding carboxylic acids is 2. The number of benzene rings is 3. The second kappa shape index (κ2) is 13.8. The number of esters is 1. The number of halogens is 3. The Hall–Kier alpha value is -3.65. The summed E-state index contributed by atoms with van der Waals surface area (Å²) in [4.78, 5) is 28.3. The van der Waals surface area contributed by atoms with Crippen molar-refractivity contribution < 1.29 is 27.5 Å². The van der Waals surface area contributed by atoms with Crippen LogP contribution in [0.4, 0.5) is 13.2 Å². The molecule has 1 amide bonds. The molecule has 2 unspecified atom stereocenters. The molecule has 1 heterocycles. The zero-order valence-electron chi connectivity index (χ0n) is 23.5. The maximum absolute atomic E-state index is 13.3. The molecule has 0 spiro atoms. The van der Waals surface area contributed by atoms with E-state index in [1.165, 1.54) is 12.1 Å². The molecule has 3 aromatic carbocycles. The maximum Gasteiger partial charge on any atom is 0.416 e. The monoisotopic (exact) mass is 566 g/mol. The Bertz CT molecular complexity index is 1290. The van der Waals surface area contributed by atoms with Crippen molar-refractivity contribution in [2.45, 2.75) is 51.2 Å². The van der Waals surface area contributed by atoms with Gasteiger partial charge < -0.3 is 15.0 Å². The second-order valence-electron chi connectivity index (χ2n) is 10.6. The molecule has 1 aliphatic heterocycles. The quantitative estimate of drug-likeness (QED) is 0.270. The van der Waals surface area contributed by atoms with E-state index in [1.807, 2.05) is 32.0 Å². The van der Waals surface area contributed by atoms with Crippen LogP contribution in [0.3, 0.4) is 0 Å². The van der Waals surface area contributed by atoms with Gasteiger partial charge in [-0.25, -0.2) is 0 Å². The number of piperidine rings is 1. The first-order chi connectivity index (χ1) is 19.7. The number of ether oxygens (including phenoxy) is 1. The van der Waals surface area contributed by atoms with Crippen LogP contribution in [-0.4, -0.2) is 49.1 Å². The topological polar surface area (TPSA) is 58.6 Å². The smallest absolute Gasteiger partial charge is 0.416 e. The molecule has 2 atom stereocenters. The van der Waals surface area contributed by atoms with E-state index in [0.717, 1.165) is 50.0 Å². The predicted octanol–water partition coefficient (Wildman–Crippen LogP) is 6.94. The van der Waals surface area contributed by atoms with E-state index >= 15 is 0 Å². The van der Waals surface area contributed by atoms with E-state index in [0.29, 0.717) is 29.8 Å². The van der Waals surface area contributed by atoms with E-state index in [1.54, 1.807) is 24.3 Å². The van der Waals surface area contributed by atoms with Crippen LogP contribution in [0.25, 0.3) is 11.1 Å². The second-order valence-corrected chi connectivity index (χ2v) is 10.6. The lowest BCUT2D eigenvalue weighted by Crippen LogP contribution is -2.46. The molecule has 8 heteroatoms. The minimum atomic E-state index is -4.41. The number of amides is 1. The van der Waals surface area contributed by atoms with Crippen molar-refractivity contribution in [2.24, 2.45) is 5.92 Å². The highest BCUT2D eigenvalue weighted by Gasteiger charge is 2.32. The van der Waals surface area contributed by atoms with E-state index < -0.39 is 11.7 Å². The van der Waals surface area contributed by atoms with Gasteiger partial charge in [-0.05, 0) is 54.2 Å². The third kappa shape index (κ3) is 7.97. The molecular weight excluding hydrogens is 529 g/mol. The Labute approximate surface area is 239 Å². The highest BCUT2D eigenvalue weighted by Crippen LogP contribution is 2.32. The fraction of sp³-hybridized carbons (Fsp3) is 0.394. The summed E-state index contributed by atoms with van der Waals surface area (Å²) in [7, 11) is 0. The first kappa shape index (κ1) is 30.3. The van der Waals surface area contributed by atoms with Gasteiger partial charge in [0.2, 0.25) is 0 Å². The Kier molecular flexibility index (Phi) is 10.2. The van der Waals surface area contributed by atoms with Crippen molar-refractivity contribution in [2.75, 3.05) is 26.2 Å². The van der Waals surface area contributed by atoms with Gasteiger partial charge in [-0.2, -0.15) is 13.2 Å². The summed E-state index contributed by atoms with van der Waals surface area (Å²) in [5, 5.41) is 3.13. The van der Waals surface area contributed by atoms with Crippen LogP contribution in [0, 0.1) is 5.92 Å². The van der Waals surface area contributed by atoms with Gasteiger partial charge in [0.1, 0.15) is 0 Å². The molecule has 218 valence electrons. The van der Waals surface area contributed by atoms with Crippen molar-refractivity contribution in [1.29, 1.82) is 0 Å². The molecule has 1 fully saturated rings. The van der Waals surface area contributed by atoms with Crippen molar-refractivity contribution in [3.63, 3.8) is 0 Å². The first-order valence-electron chi connectivity index (χ1n) is 14.2. The lowest BCUT2D eigenvalue weighted by atomic mass is 9.86. The van der Waals surface area contributed by atoms with Crippen molar-refractivity contribution >= 4 is 11.9 Å². The number of likely N-dealkylation sites (tertiary alicyclic amines) is 1. The summed E-state index contributed by atoms with van der Waals surface area (Å²) in [5.41, 5.74) is 1.95. The molecule has 1 N–H and O–H groups in total. The van der Waals surface area contributed by atoms with Crippen LogP contribution in [0.15, 0.2) is 78.9 Å². The van der Waals surface area contributed by atoms with Gasteiger partial charge in [0.25, 0.3) is 5.91 Å². The van der Waals surface area contributed by atoms with Crippen molar-refractivity contribution in [3.05, 3.63) is 95.6 Å². The highest BCUT2D eigenvalue weighted by atomic mass is 19.4. The third-order valence-electron chi connectivity index (χ3n) is 7.72. The molecule has 0 bridgehead atoms. The predicted molar refractivity (Wildman–Crippen MR) is 153 cm³/mol. The Morgan fingerprint density at radius 2 is 1.59 bits per heavy atom. The highest BCUT2D eigenvalue weighted by molar-refractivity contribution is 6.01. The largest absolute Gasteiger partial charge is 0.465 e. The van der Waals surface area contributed by atoms with Crippen molar-refractivity contribution in [3.8, 4) is 11.1 Å². The Balaban J connectivity index is 1.38. The van der Waals surface area contributed by atoms with Crippen LogP contribution < -0.4 is 5.32 Å². The molecule has 3 aromatic rings. The number of nitrogens with one attached hydrogen (secondary N) is 1. The van der Waals surface area contributed by atoms with Gasteiger partial charge in [0.15, 0.2) is 0 Å². The summed E-state index contributed by atoms with van der Waals surface area (Å²) in [6.45, 7) is 6.57. The molecule has 5 nitrogen and oxygen atoms in total. The van der Waals surface area contributed by atoms with Gasteiger partial charge >= 0.3 is 12.1 Å². The van der Waals surface area contributed by atoms with Crippen LogP contribution in [0.5, 0.6) is 0 Å². The van der Waals surface area contributed by atoms with Crippen LogP contribution >= 0.6 is 0 Å². The lowest BCUT2D eigenvalue weighted by Gasteiger charge is -2.36. The Morgan fingerprint density at radius 1 is 0.951 bits per heavy atom. The van der Waals surface area contributed by atoms with Crippen molar-refractivity contribution in [1.82, 2.24) is 10.2 Å². The molecule has 1 saturated heterocycles. The first-order valence-corrected chi connectivity index (χ1v) is 14.2. The number of rotatable bonds is 10. The van der Waals surface area contributed by atoms with E-state index in [2.05, 4.69) is 22.3 Å². The van der Waals surface area contributed by atoms with E-state index in [-0.39, 0.29) is 29.8 Å². The lowest BCUT2D eigenvalue weighted by molar-refractivity contribution is -0.149. The zero-order chi connectivity index (χ0) is 29.4. The maximum atomic E-state index is 13.3. The number of alkyl halides is 3. The molecule has 0 aliphatic carbocycles.